The zero-order valence-electron chi connectivity index (χ0n) is 12.8. The fraction of sp³-hybridized carbons (Fsp3) is 0.500. The predicted molar refractivity (Wildman–Crippen MR) is 77.8 cm³/mol. The van der Waals surface area contributed by atoms with Gasteiger partial charge in [-0.1, -0.05) is 13.8 Å². The van der Waals surface area contributed by atoms with Crippen molar-refractivity contribution in [3.8, 4) is 11.4 Å². The molecule has 0 spiro atoms. The van der Waals surface area contributed by atoms with Crippen LogP contribution in [0.25, 0.3) is 5.69 Å². The van der Waals surface area contributed by atoms with Gasteiger partial charge >= 0.3 is 5.69 Å². The van der Waals surface area contributed by atoms with E-state index in [2.05, 4.69) is 15.5 Å². The van der Waals surface area contributed by atoms with Crippen molar-refractivity contribution in [2.75, 3.05) is 0 Å². The number of hydrogen-bond donors (Lipinski definition) is 0. The molecule has 0 unspecified atom stereocenters. The Labute approximate surface area is 131 Å². The van der Waals surface area contributed by atoms with Crippen LogP contribution >= 0.6 is 0 Å². The van der Waals surface area contributed by atoms with E-state index in [9.17, 15) is 14.5 Å². The fourth-order valence-corrected chi connectivity index (χ4v) is 2.88. The van der Waals surface area contributed by atoms with Crippen molar-refractivity contribution in [1.82, 2.24) is 20.2 Å². The summed E-state index contributed by atoms with van der Waals surface area (Å²) in [5.41, 5.74) is -0.502. The number of nitro groups is 1. The molecule has 23 heavy (non-hydrogen) atoms. The van der Waals surface area contributed by atoms with E-state index in [4.69, 9.17) is 4.74 Å². The standard InChI is InChI=1S/C14H16FN5O3/c1-14(2)5-3-4-13(14)23-12-6-9(15)10(7-11(12)20(21)22)19-8-16-17-18-19/h6-8,13H,3-5H2,1-2H3/t13-/m1/s1. The molecule has 1 aliphatic carbocycles. The molecule has 0 saturated heterocycles. The molecular weight excluding hydrogens is 305 g/mol. The lowest BCUT2D eigenvalue weighted by molar-refractivity contribution is -0.386. The third kappa shape index (κ3) is 2.86. The Morgan fingerprint density at radius 2 is 2.26 bits per heavy atom. The van der Waals surface area contributed by atoms with Crippen LogP contribution in [0.15, 0.2) is 18.5 Å². The van der Waals surface area contributed by atoms with Crippen LogP contribution < -0.4 is 4.74 Å². The first-order valence-corrected chi connectivity index (χ1v) is 7.26. The van der Waals surface area contributed by atoms with Crippen LogP contribution in [0.4, 0.5) is 10.1 Å². The molecule has 1 fully saturated rings. The number of hydrogen-bond acceptors (Lipinski definition) is 6. The normalized spacial score (nSPS) is 19.7. The van der Waals surface area contributed by atoms with E-state index in [-0.39, 0.29) is 28.6 Å². The molecule has 0 radical (unpaired) electrons. The highest BCUT2D eigenvalue weighted by Crippen LogP contribution is 2.42. The Morgan fingerprint density at radius 1 is 1.48 bits per heavy atom. The minimum Gasteiger partial charge on any atom is -0.483 e. The molecule has 0 amide bonds. The summed E-state index contributed by atoms with van der Waals surface area (Å²) in [5, 5.41) is 21.7. The van der Waals surface area contributed by atoms with Gasteiger partial charge in [0.05, 0.1) is 4.92 Å². The third-order valence-electron chi connectivity index (χ3n) is 4.25. The van der Waals surface area contributed by atoms with Gasteiger partial charge in [-0.15, -0.1) is 5.10 Å². The van der Waals surface area contributed by atoms with Crippen LogP contribution in [0.1, 0.15) is 33.1 Å². The number of tetrazole rings is 1. The quantitative estimate of drug-likeness (QED) is 0.634. The number of ether oxygens (including phenoxy) is 1. The zero-order valence-corrected chi connectivity index (χ0v) is 12.8. The van der Waals surface area contributed by atoms with Crippen molar-refractivity contribution in [3.63, 3.8) is 0 Å². The zero-order chi connectivity index (χ0) is 16.6. The topological polar surface area (TPSA) is 96.0 Å². The van der Waals surface area contributed by atoms with Gasteiger partial charge in [0.25, 0.3) is 0 Å². The van der Waals surface area contributed by atoms with Crippen LogP contribution in [0, 0.1) is 21.3 Å². The number of nitro benzene ring substituents is 1. The van der Waals surface area contributed by atoms with Gasteiger partial charge in [0.1, 0.15) is 18.1 Å². The molecule has 1 aliphatic rings. The Bertz CT molecular complexity index is 732. The predicted octanol–water partition coefficient (Wildman–Crippen LogP) is 2.67. The van der Waals surface area contributed by atoms with Crippen LogP contribution in [0.2, 0.25) is 0 Å². The highest BCUT2D eigenvalue weighted by atomic mass is 19.1. The second-order valence-electron chi connectivity index (χ2n) is 6.27. The summed E-state index contributed by atoms with van der Waals surface area (Å²) in [6.45, 7) is 4.09. The number of aromatic nitrogens is 4. The number of nitrogens with zero attached hydrogens (tertiary/aromatic N) is 5. The van der Waals surface area contributed by atoms with Gasteiger partial charge in [0, 0.05) is 17.5 Å². The molecule has 0 N–H and O–H groups in total. The maximum Gasteiger partial charge on any atom is 0.313 e. The van der Waals surface area contributed by atoms with E-state index in [0.29, 0.717) is 0 Å². The van der Waals surface area contributed by atoms with Gasteiger partial charge < -0.3 is 4.74 Å². The molecule has 8 nitrogen and oxygen atoms in total. The van der Waals surface area contributed by atoms with Crippen molar-refractivity contribution < 1.29 is 14.1 Å². The van der Waals surface area contributed by atoms with Gasteiger partial charge in [-0.25, -0.2) is 4.39 Å². The first-order valence-electron chi connectivity index (χ1n) is 7.26. The van der Waals surface area contributed by atoms with Crippen LogP contribution in [-0.2, 0) is 0 Å². The minimum atomic E-state index is -0.686. The minimum absolute atomic E-state index is 0.0655. The number of benzene rings is 1. The molecule has 2 aromatic rings. The summed E-state index contributed by atoms with van der Waals surface area (Å²) in [7, 11) is 0. The number of rotatable bonds is 4. The molecule has 1 aromatic carbocycles. The monoisotopic (exact) mass is 321 g/mol. The van der Waals surface area contributed by atoms with E-state index in [1.807, 2.05) is 13.8 Å². The summed E-state index contributed by atoms with van der Waals surface area (Å²) in [5.74, 6) is -0.752. The first-order chi connectivity index (χ1) is 10.9. The second kappa shape index (κ2) is 5.56. The Hall–Kier alpha value is -2.58. The Balaban J connectivity index is 2.00. The third-order valence-corrected chi connectivity index (χ3v) is 4.25. The van der Waals surface area contributed by atoms with Gasteiger partial charge in [-0.2, -0.15) is 4.68 Å². The van der Waals surface area contributed by atoms with E-state index in [1.54, 1.807) is 0 Å². The van der Waals surface area contributed by atoms with Crippen molar-refractivity contribution in [2.45, 2.75) is 39.2 Å². The summed E-state index contributed by atoms with van der Waals surface area (Å²) in [6, 6.07) is 2.12. The molecular formula is C14H16FN5O3. The summed E-state index contributed by atoms with van der Waals surface area (Å²) in [6.07, 6.45) is 3.73. The van der Waals surface area contributed by atoms with Gasteiger partial charge in [0.15, 0.2) is 11.6 Å². The van der Waals surface area contributed by atoms with E-state index in [1.165, 1.54) is 6.33 Å². The highest BCUT2D eigenvalue weighted by Gasteiger charge is 2.37. The van der Waals surface area contributed by atoms with Crippen molar-refractivity contribution >= 4 is 5.69 Å². The lowest BCUT2D eigenvalue weighted by Crippen LogP contribution is -2.29. The summed E-state index contributed by atoms with van der Waals surface area (Å²) < 4.78 is 21.1. The lowest BCUT2D eigenvalue weighted by Gasteiger charge is -2.27. The second-order valence-corrected chi connectivity index (χ2v) is 6.27. The lowest BCUT2D eigenvalue weighted by atomic mass is 9.89. The average Bonchev–Trinajstić information content (AvgIpc) is 3.09. The van der Waals surface area contributed by atoms with Crippen molar-refractivity contribution in [2.24, 2.45) is 5.41 Å². The van der Waals surface area contributed by atoms with Gasteiger partial charge in [-0.05, 0) is 29.7 Å². The number of halogens is 1. The van der Waals surface area contributed by atoms with Gasteiger partial charge in [0.2, 0.25) is 0 Å². The van der Waals surface area contributed by atoms with Crippen molar-refractivity contribution in [1.29, 1.82) is 0 Å². The highest BCUT2D eigenvalue weighted by molar-refractivity contribution is 5.54. The molecule has 1 heterocycles. The molecule has 0 bridgehead atoms. The molecule has 0 aliphatic heterocycles. The Morgan fingerprint density at radius 3 is 2.83 bits per heavy atom. The van der Waals surface area contributed by atoms with Crippen LogP contribution in [0.5, 0.6) is 5.75 Å². The summed E-state index contributed by atoms with van der Waals surface area (Å²) >= 11 is 0. The average molecular weight is 321 g/mol. The first kappa shape index (κ1) is 15.3. The SMILES string of the molecule is CC1(C)CCC[C@H]1Oc1cc(F)c(-n2cnnn2)cc1[N+](=O)[O-]. The van der Waals surface area contributed by atoms with Crippen LogP contribution in [0.3, 0.4) is 0 Å². The van der Waals surface area contributed by atoms with E-state index in [0.717, 1.165) is 36.1 Å². The van der Waals surface area contributed by atoms with Gasteiger partial charge in [-0.3, -0.25) is 10.1 Å². The maximum absolute atomic E-state index is 14.3. The van der Waals surface area contributed by atoms with E-state index < -0.39 is 10.7 Å². The smallest absolute Gasteiger partial charge is 0.313 e. The molecule has 3 rings (SSSR count). The van der Waals surface area contributed by atoms with E-state index >= 15 is 0 Å². The molecule has 9 heteroatoms. The largest absolute Gasteiger partial charge is 0.483 e. The molecule has 1 aromatic heterocycles. The molecule has 122 valence electrons. The Kier molecular flexibility index (Phi) is 3.70. The fourth-order valence-electron chi connectivity index (χ4n) is 2.88. The maximum atomic E-state index is 14.3. The summed E-state index contributed by atoms with van der Waals surface area (Å²) in [4.78, 5) is 10.7. The van der Waals surface area contributed by atoms with Crippen LogP contribution in [-0.4, -0.2) is 31.2 Å². The molecule has 1 atom stereocenters. The van der Waals surface area contributed by atoms with Crippen molar-refractivity contribution in [3.05, 3.63) is 34.4 Å². The molecule has 1 saturated carbocycles.